The van der Waals surface area contributed by atoms with Gasteiger partial charge in [0.25, 0.3) is 0 Å². The summed E-state index contributed by atoms with van der Waals surface area (Å²) in [4.78, 5) is 4.70. The minimum absolute atomic E-state index is 0.613. The van der Waals surface area contributed by atoms with Crippen molar-refractivity contribution in [3.63, 3.8) is 0 Å². The van der Waals surface area contributed by atoms with Crippen molar-refractivity contribution in [3.05, 3.63) is 140 Å². The first kappa shape index (κ1) is 20.9. The van der Waals surface area contributed by atoms with E-state index in [1.165, 1.54) is 16.7 Å². The van der Waals surface area contributed by atoms with E-state index in [1.807, 2.05) is 48.7 Å². The van der Waals surface area contributed by atoms with Crippen molar-refractivity contribution in [2.45, 2.75) is 0 Å². The van der Waals surface area contributed by atoms with Crippen LogP contribution in [0.4, 0.5) is 0 Å². The first-order chi connectivity index (χ1) is 17.4. The molecule has 0 aliphatic carbocycles. The summed E-state index contributed by atoms with van der Waals surface area (Å²) < 4.78 is 6.31. The number of hydrogen-bond acceptors (Lipinski definition) is 2. The zero-order valence-corrected chi connectivity index (χ0v) is 19.1. The van der Waals surface area contributed by atoms with Crippen molar-refractivity contribution < 1.29 is 4.42 Å². The highest BCUT2D eigenvalue weighted by atomic mass is 16.4. The van der Waals surface area contributed by atoms with Gasteiger partial charge in [-0.05, 0) is 39.4 Å². The fraction of sp³-hybridized carbons (Fsp3) is 0. The molecule has 6 rings (SSSR count). The van der Waals surface area contributed by atoms with Gasteiger partial charge in [-0.1, -0.05) is 127 Å². The largest absolute Gasteiger partial charge is 0.436 e. The topological polar surface area (TPSA) is 26.0 Å². The molecule has 0 saturated heterocycles. The van der Waals surface area contributed by atoms with Crippen LogP contribution >= 0.6 is 0 Å². The molecular weight excluding hydrogens is 426 g/mol. The van der Waals surface area contributed by atoms with Crippen molar-refractivity contribution in [2.24, 2.45) is 0 Å². The van der Waals surface area contributed by atoms with E-state index >= 15 is 0 Å². The van der Waals surface area contributed by atoms with Gasteiger partial charge in [0.15, 0.2) is 5.76 Å². The summed E-state index contributed by atoms with van der Waals surface area (Å²) in [6.07, 6.45) is 1.81. The summed E-state index contributed by atoms with van der Waals surface area (Å²) in [6.45, 7) is 0. The molecule has 0 radical (unpaired) electrons. The maximum atomic E-state index is 6.31. The maximum absolute atomic E-state index is 6.31. The third-order valence-electron chi connectivity index (χ3n) is 6.22. The monoisotopic (exact) mass is 449 g/mol. The van der Waals surface area contributed by atoms with Gasteiger partial charge in [0.05, 0.1) is 6.20 Å². The van der Waals surface area contributed by atoms with E-state index in [-0.39, 0.29) is 0 Å². The van der Waals surface area contributed by atoms with Crippen LogP contribution in [0.1, 0.15) is 0 Å². The van der Waals surface area contributed by atoms with Gasteiger partial charge in [-0.15, -0.1) is 0 Å². The van der Waals surface area contributed by atoms with Crippen LogP contribution < -0.4 is 0 Å². The molecule has 2 heteroatoms. The lowest BCUT2D eigenvalue weighted by atomic mass is 9.91. The number of nitrogens with zero attached hydrogens (tertiary/aromatic N) is 1. The zero-order valence-electron chi connectivity index (χ0n) is 19.1. The fourth-order valence-corrected chi connectivity index (χ4v) is 4.50. The summed E-state index contributed by atoms with van der Waals surface area (Å²) >= 11 is 0. The molecule has 0 aliphatic heterocycles. The molecule has 166 valence electrons. The molecule has 1 aromatic heterocycles. The first-order valence-electron chi connectivity index (χ1n) is 11.7. The molecule has 35 heavy (non-hydrogen) atoms. The molecule has 1 heterocycles. The second-order valence-corrected chi connectivity index (χ2v) is 8.43. The summed E-state index contributed by atoms with van der Waals surface area (Å²) in [5.74, 6) is 1.37. The Hall–Kier alpha value is -4.69. The van der Waals surface area contributed by atoms with Crippen LogP contribution in [0.25, 0.3) is 56.2 Å². The van der Waals surface area contributed by atoms with Crippen molar-refractivity contribution in [2.75, 3.05) is 0 Å². The Morgan fingerprint density at radius 2 is 0.886 bits per heavy atom. The minimum Gasteiger partial charge on any atom is -0.436 e. The number of aromatic nitrogens is 1. The minimum atomic E-state index is 0.613. The summed E-state index contributed by atoms with van der Waals surface area (Å²) in [5.41, 5.74) is 8.89. The Labute approximate surface area is 205 Å². The smallest absolute Gasteiger partial charge is 0.227 e. The quantitative estimate of drug-likeness (QED) is 0.262. The van der Waals surface area contributed by atoms with Crippen LogP contribution in [0.3, 0.4) is 0 Å². The molecule has 2 nitrogen and oxygen atoms in total. The average molecular weight is 450 g/mol. The average Bonchev–Trinajstić information content (AvgIpc) is 3.45. The van der Waals surface area contributed by atoms with Crippen LogP contribution in [0.5, 0.6) is 0 Å². The standard InChI is InChI=1S/C33H23NO/c1-4-12-24(13-5-1)28-18-10-11-19-29(28)27-20-21-30(25-14-6-2-7-15-25)31(22-27)33-34-23-32(35-33)26-16-8-3-9-17-26/h1-23H. The van der Waals surface area contributed by atoms with Crippen LogP contribution in [0, 0.1) is 0 Å². The predicted molar refractivity (Wildman–Crippen MR) is 144 cm³/mol. The van der Waals surface area contributed by atoms with E-state index in [0.29, 0.717) is 5.89 Å². The van der Waals surface area contributed by atoms with Gasteiger partial charge in [0, 0.05) is 11.1 Å². The van der Waals surface area contributed by atoms with Gasteiger partial charge < -0.3 is 4.42 Å². The van der Waals surface area contributed by atoms with Crippen LogP contribution in [-0.4, -0.2) is 4.98 Å². The molecule has 0 N–H and O–H groups in total. The normalized spacial score (nSPS) is 10.9. The summed E-state index contributed by atoms with van der Waals surface area (Å²) in [6, 6.07) is 46.1. The third kappa shape index (κ3) is 4.18. The summed E-state index contributed by atoms with van der Waals surface area (Å²) in [5, 5.41) is 0. The number of oxazole rings is 1. The number of hydrogen-bond donors (Lipinski definition) is 0. The van der Waals surface area contributed by atoms with Crippen molar-refractivity contribution >= 4 is 0 Å². The molecule has 0 fully saturated rings. The van der Waals surface area contributed by atoms with Gasteiger partial charge >= 0.3 is 0 Å². The fourth-order valence-electron chi connectivity index (χ4n) is 4.50. The highest BCUT2D eigenvalue weighted by Crippen LogP contribution is 2.39. The Balaban J connectivity index is 1.52. The molecule has 0 bridgehead atoms. The maximum Gasteiger partial charge on any atom is 0.227 e. The highest BCUT2D eigenvalue weighted by Gasteiger charge is 2.16. The second kappa shape index (κ2) is 9.28. The van der Waals surface area contributed by atoms with Gasteiger partial charge in [0.2, 0.25) is 5.89 Å². The van der Waals surface area contributed by atoms with E-state index in [2.05, 4.69) is 91.0 Å². The zero-order chi connectivity index (χ0) is 23.5. The third-order valence-corrected chi connectivity index (χ3v) is 6.22. The summed E-state index contributed by atoms with van der Waals surface area (Å²) in [7, 11) is 0. The van der Waals surface area contributed by atoms with E-state index < -0.39 is 0 Å². The molecule has 5 aromatic carbocycles. The SMILES string of the molecule is c1ccc(-c2cnc(-c3cc(-c4ccccc4-c4ccccc4)ccc3-c3ccccc3)o2)cc1. The lowest BCUT2D eigenvalue weighted by Crippen LogP contribution is -1.89. The van der Waals surface area contributed by atoms with Gasteiger partial charge in [-0.3, -0.25) is 0 Å². The lowest BCUT2D eigenvalue weighted by Gasteiger charge is -2.14. The van der Waals surface area contributed by atoms with Crippen LogP contribution in [0.2, 0.25) is 0 Å². The molecular formula is C33H23NO. The Morgan fingerprint density at radius 1 is 0.400 bits per heavy atom. The molecule has 0 spiro atoms. The van der Waals surface area contributed by atoms with E-state index in [1.54, 1.807) is 0 Å². The van der Waals surface area contributed by atoms with Gasteiger partial charge in [0.1, 0.15) is 0 Å². The molecule has 0 saturated carbocycles. The van der Waals surface area contributed by atoms with Crippen LogP contribution in [0.15, 0.2) is 144 Å². The van der Waals surface area contributed by atoms with Crippen molar-refractivity contribution in [1.82, 2.24) is 4.98 Å². The number of rotatable bonds is 5. The number of benzene rings is 5. The van der Waals surface area contributed by atoms with Crippen molar-refractivity contribution in [1.29, 1.82) is 0 Å². The Bertz CT molecular complexity index is 1570. The van der Waals surface area contributed by atoms with E-state index in [0.717, 1.165) is 33.6 Å². The second-order valence-electron chi connectivity index (χ2n) is 8.43. The molecule has 0 atom stereocenters. The van der Waals surface area contributed by atoms with Crippen molar-refractivity contribution in [3.8, 4) is 56.2 Å². The van der Waals surface area contributed by atoms with E-state index in [4.69, 9.17) is 9.40 Å². The molecule has 0 aliphatic rings. The molecule has 0 amide bonds. The predicted octanol–water partition coefficient (Wildman–Crippen LogP) is 9.01. The van der Waals surface area contributed by atoms with Gasteiger partial charge in [-0.25, -0.2) is 4.98 Å². The van der Waals surface area contributed by atoms with Gasteiger partial charge in [-0.2, -0.15) is 0 Å². The Morgan fingerprint density at radius 3 is 1.49 bits per heavy atom. The first-order valence-corrected chi connectivity index (χ1v) is 11.7. The Kier molecular flexibility index (Phi) is 5.54. The van der Waals surface area contributed by atoms with E-state index in [9.17, 15) is 0 Å². The van der Waals surface area contributed by atoms with Crippen LogP contribution in [-0.2, 0) is 0 Å². The molecule has 6 aromatic rings. The highest BCUT2D eigenvalue weighted by molar-refractivity contribution is 5.89. The molecule has 0 unspecified atom stereocenters. The lowest BCUT2D eigenvalue weighted by molar-refractivity contribution is 0.589.